The fourth-order valence-electron chi connectivity index (χ4n) is 3.36. The first-order chi connectivity index (χ1) is 5.75. The molecule has 2 fully saturated rings. The van der Waals surface area contributed by atoms with Crippen LogP contribution < -0.4 is 0 Å². The van der Waals surface area contributed by atoms with Crippen molar-refractivity contribution in [3.63, 3.8) is 0 Å². The van der Waals surface area contributed by atoms with Gasteiger partial charge in [0.15, 0.2) is 0 Å². The van der Waals surface area contributed by atoms with E-state index in [1.807, 2.05) is 0 Å². The molecular formula is C12H22. The molecule has 2 aliphatic carbocycles. The number of rotatable bonds is 0. The normalized spacial score (nSPS) is 48.5. The number of fused-ring (bicyclic) bond motifs is 1. The lowest BCUT2D eigenvalue weighted by atomic mass is 9.65. The molecule has 0 aromatic heterocycles. The molecule has 2 rings (SSSR count). The monoisotopic (exact) mass is 166 g/mol. The van der Waals surface area contributed by atoms with E-state index in [1.54, 1.807) is 0 Å². The standard InChI is InChI=1S/C12H22/c1-9-3-5-12-8-10(2)4-6-11(12)7-9/h9-12H,3-8H2,1-2H3/t9-,10-,11+,12+/m0/s1. The highest BCUT2D eigenvalue weighted by Gasteiger charge is 2.32. The molecule has 4 atom stereocenters. The Morgan fingerprint density at radius 3 is 1.50 bits per heavy atom. The minimum absolute atomic E-state index is 1.03. The summed E-state index contributed by atoms with van der Waals surface area (Å²) in [5.41, 5.74) is 0. The van der Waals surface area contributed by atoms with Gasteiger partial charge < -0.3 is 0 Å². The molecule has 0 radical (unpaired) electrons. The van der Waals surface area contributed by atoms with Gasteiger partial charge in [-0.3, -0.25) is 0 Å². The molecule has 0 unspecified atom stereocenters. The van der Waals surface area contributed by atoms with Crippen LogP contribution in [-0.4, -0.2) is 0 Å². The summed E-state index contributed by atoms with van der Waals surface area (Å²) in [7, 11) is 0. The molecular weight excluding hydrogens is 144 g/mol. The van der Waals surface area contributed by atoms with Gasteiger partial charge in [-0.05, 0) is 49.4 Å². The summed E-state index contributed by atoms with van der Waals surface area (Å²) < 4.78 is 0. The van der Waals surface area contributed by atoms with E-state index in [4.69, 9.17) is 0 Å². The highest BCUT2D eigenvalue weighted by Crippen LogP contribution is 2.44. The molecule has 2 saturated carbocycles. The van der Waals surface area contributed by atoms with E-state index in [9.17, 15) is 0 Å². The van der Waals surface area contributed by atoms with Crippen molar-refractivity contribution in [3.8, 4) is 0 Å². The summed E-state index contributed by atoms with van der Waals surface area (Å²) in [6.07, 6.45) is 9.17. The van der Waals surface area contributed by atoms with Crippen molar-refractivity contribution < 1.29 is 0 Å². The van der Waals surface area contributed by atoms with Gasteiger partial charge in [0, 0.05) is 0 Å². The van der Waals surface area contributed by atoms with Crippen LogP contribution in [0.4, 0.5) is 0 Å². The molecule has 0 heterocycles. The maximum Gasteiger partial charge on any atom is -0.0383 e. The van der Waals surface area contributed by atoms with E-state index >= 15 is 0 Å². The van der Waals surface area contributed by atoms with Crippen LogP contribution in [0.25, 0.3) is 0 Å². The molecule has 0 aromatic carbocycles. The summed E-state index contributed by atoms with van der Waals surface area (Å²) in [6.45, 7) is 4.88. The second-order valence-corrected chi connectivity index (χ2v) is 5.36. The third-order valence-electron chi connectivity index (χ3n) is 4.14. The molecule has 2 aliphatic rings. The van der Waals surface area contributed by atoms with E-state index in [1.165, 1.54) is 38.5 Å². The molecule has 0 saturated heterocycles. The van der Waals surface area contributed by atoms with Gasteiger partial charge in [-0.2, -0.15) is 0 Å². The van der Waals surface area contributed by atoms with E-state index in [0.717, 1.165) is 23.7 Å². The molecule has 0 spiro atoms. The average Bonchev–Trinajstić information content (AvgIpc) is 2.05. The lowest BCUT2D eigenvalue weighted by Gasteiger charge is -2.40. The summed E-state index contributed by atoms with van der Waals surface area (Å²) in [6, 6.07) is 0. The maximum absolute atomic E-state index is 2.44. The van der Waals surface area contributed by atoms with Crippen LogP contribution in [-0.2, 0) is 0 Å². The molecule has 0 nitrogen and oxygen atoms in total. The average molecular weight is 166 g/mol. The van der Waals surface area contributed by atoms with Gasteiger partial charge in [0.1, 0.15) is 0 Å². The molecule has 0 aliphatic heterocycles. The van der Waals surface area contributed by atoms with Crippen LogP contribution in [0.2, 0.25) is 0 Å². The SMILES string of the molecule is C[C@H]1CC[C@@H]2C[C@@H](C)CC[C@@H]2C1. The van der Waals surface area contributed by atoms with Crippen molar-refractivity contribution in [1.82, 2.24) is 0 Å². The summed E-state index contributed by atoms with van der Waals surface area (Å²) in [5, 5.41) is 0. The van der Waals surface area contributed by atoms with Crippen LogP contribution >= 0.6 is 0 Å². The zero-order valence-corrected chi connectivity index (χ0v) is 8.55. The predicted octanol–water partition coefficient (Wildman–Crippen LogP) is 3.86. The van der Waals surface area contributed by atoms with Crippen molar-refractivity contribution in [1.29, 1.82) is 0 Å². The van der Waals surface area contributed by atoms with Crippen molar-refractivity contribution in [2.75, 3.05) is 0 Å². The second-order valence-electron chi connectivity index (χ2n) is 5.36. The van der Waals surface area contributed by atoms with Gasteiger partial charge in [-0.25, -0.2) is 0 Å². The van der Waals surface area contributed by atoms with Gasteiger partial charge in [-0.15, -0.1) is 0 Å². The molecule has 0 aromatic rings. The maximum atomic E-state index is 2.44. The van der Waals surface area contributed by atoms with Crippen molar-refractivity contribution >= 4 is 0 Å². The molecule has 70 valence electrons. The Bertz CT molecular complexity index is 132. The van der Waals surface area contributed by atoms with Gasteiger partial charge >= 0.3 is 0 Å². The van der Waals surface area contributed by atoms with Gasteiger partial charge in [-0.1, -0.05) is 26.7 Å². The Labute approximate surface area is 76.7 Å². The third kappa shape index (κ3) is 1.67. The van der Waals surface area contributed by atoms with Crippen LogP contribution in [0.15, 0.2) is 0 Å². The zero-order valence-electron chi connectivity index (χ0n) is 8.55. The van der Waals surface area contributed by atoms with Crippen molar-refractivity contribution in [2.24, 2.45) is 23.7 Å². The highest BCUT2D eigenvalue weighted by atomic mass is 14.4. The Kier molecular flexibility index (Phi) is 2.43. The smallest absolute Gasteiger partial charge is 0.0383 e. The van der Waals surface area contributed by atoms with Gasteiger partial charge in [0.2, 0.25) is 0 Å². The van der Waals surface area contributed by atoms with Gasteiger partial charge in [0.05, 0.1) is 0 Å². The van der Waals surface area contributed by atoms with E-state index in [2.05, 4.69) is 13.8 Å². The van der Waals surface area contributed by atoms with Crippen molar-refractivity contribution in [3.05, 3.63) is 0 Å². The minimum atomic E-state index is 1.03. The van der Waals surface area contributed by atoms with Gasteiger partial charge in [0.25, 0.3) is 0 Å². The Morgan fingerprint density at radius 1 is 0.667 bits per heavy atom. The molecule has 12 heavy (non-hydrogen) atoms. The lowest BCUT2D eigenvalue weighted by molar-refractivity contribution is 0.109. The third-order valence-corrected chi connectivity index (χ3v) is 4.14. The largest absolute Gasteiger partial charge is 0.0625 e. The Balaban J connectivity index is 1.94. The number of hydrogen-bond donors (Lipinski definition) is 0. The fraction of sp³-hybridized carbons (Fsp3) is 1.00. The Hall–Kier alpha value is 0. The van der Waals surface area contributed by atoms with Crippen LogP contribution in [0.5, 0.6) is 0 Å². The first-order valence-corrected chi connectivity index (χ1v) is 5.75. The summed E-state index contributed by atoms with van der Waals surface area (Å²) in [5.74, 6) is 4.29. The molecule has 0 amide bonds. The van der Waals surface area contributed by atoms with Crippen LogP contribution in [0.3, 0.4) is 0 Å². The fourth-order valence-corrected chi connectivity index (χ4v) is 3.36. The topological polar surface area (TPSA) is 0 Å². The molecule has 0 heteroatoms. The second kappa shape index (κ2) is 3.40. The zero-order chi connectivity index (χ0) is 8.55. The quantitative estimate of drug-likeness (QED) is 0.512. The first kappa shape index (κ1) is 8.59. The lowest BCUT2D eigenvalue weighted by Crippen LogP contribution is -2.29. The Morgan fingerprint density at radius 2 is 1.08 bits per heavy atom. The minimum Gasteiger partial charge on any atom is -0.0625 e. The predicted molar refractivity (Wildman–Crippen MR) is 53.0 cm³/mol. The number of hydrogen-bond acceptors (Lipinski definition) is 0. The van der Waals surface area contributed by atoms with Crippen LogP contribution in [0.1, 0.15) is 52.4 Å². The highest BCUT2D eigenvalue weighted by molar-refractivity contribution is 4.83. The van der Waals surface area contributed by atoms with E-state index < -0.39 is 0 Å². The molecule has 0 bridgehead atoms. The first-order valence-electron chi connectivity index (χ1n) is 5.75. The van der Waals surface area contributed by atoms with E-state index in [0.29, 0.717) is 0 Å². The summed E-state index contributed by atoms with van der Waals surface area (Å²) in [4.78, 5) is 0. The van der Waals surface area contributed by atoms with E-state index in [-0.39, 0.29) is 0 Å². The van der Waals surface area contributed by atoms with Crippen molar-refractivity contribution in [2.45, 2.75) is 52.4 Å². The molecule has 0 N–H and O–H groups in total. The van der Waals surface area contributed by atoms with Crippen LogP contribution in [0, 0.1) is 23.7 Å². The summed E-state index contributed by atoms with van der Waals surface area (Å²) >= 11 is 0.